The van der Waals surface area contributed by atoms with Crippen LogP contribution in [0.1, 0.15) is 0 Å². The Morgan fingerprint density at radius 2 is 2.22 bits per heavy atom. The van der Waals surface area contributed by atoms with Gasteiger partial charge in [-0.15, -0.1) is 0 Å². The quantitative estimate of drug-likeness (QED) is 0.813. The normalized spacial score (nSPS) is 13.6. The van der Waals surface area contributed by atoms with Crippen LogP contribution < -0.4 is 4.72 Å². The summed E-state index contributed by atoms with van der Waals surface area (Å²) in [5.74, 6) is -0.948. The molecule has 0 saturated carbocycles. The van der Waals surface area contributed by atoms with Gasteiger partial charge in [-0.2, -0.15) is 0 Å². The smallest absolute Gasteiger partial charge is 0.243 e. The lowest BCUT2D eigenvalue weighted by atomic mass is 10.3. The van der Waals surface area contributed by atoms with Gasteiger partial charge in [-0.25, -0.2) is 17.5 Å². The van der Waals surface area contributed by atoms with E-state index < -0.39 is 26.8 Å². The summed E-state index contributed by atoms with van der Waals surface area (Å²) in [7, 11) is -2.65. The highest BCUT2D eigenvalue weighted by Crippen LogP contribution is 2.18. The fraction of sp³-hybridized carbons (Fsp3) is 0.400. The first-order valence-corrected chi connectivity index (χ1v) is 6.84. The molecule has 0 spiro atoms. The first kappa shape index (κ1) is 15.3. The number of sulfonamides is 1. The highest BCUT2D eigenvalue weighted by Gasteiger charge is 2.20. The van der Waals surface area contributed by atoms with Crippen LogP contribution in [-0.2, 0) is 14.8 Å². The third kappa shape index (κ3) is 4.18. The number of benzene rings is 1. The highest BCUT2D eigenvalue weighted by molar-refractivity contribution is 7.89. The molecule has 0 fully saturated rings. The number of methoxy groups -OCH3 is 1. The maximum atomic E-state index is 13.4. The van der Waals surface area contributed by atoms with Gasteiger partial charge in [-0.3, -0.25) is 0 Å². The van der Waals surface area contributed by atoms with E-state index in [-0.39, 0.29) is 18.2 Å². The number of hydrogen-bond donors (Lipinski definition) is 2. The average Bonchev–Trinajstić information content (AvgIpc) is 2.26. The maximum absolute atomic E-state index is 13.4. The molecule has 0 heterocycles. The predicted octanol–water partition coefficient (Wildman–Crippen LogP) is 0.765. The van der Waals surface area contributed by atoms with Crippen LogP contribution in [0.25, 0.3) is 0 Å². The molecule has 0 aliphatic carbocycles. The number of aliphatic hydroxyl groups is 1. The van der Waals surface area contributed by atoms with Gasteiger partial charge in [0.25, 0.3) is 0 Å². The molecule has 5 nitrogen and oxygen atoms in total. The van der Waals surface area contributed by atoms with E-state index in [4.69, 9.17) is 11.6 Å². The summed E-state index contributed by atoms with van der Waals surface area (Å²) in [5.41, 5.74) is 0. The molecular formula is C10H13ClFNO4S. The summed E-state index contributed by atoms with van der Waals surface area (Å²) in [6.07, 6.45) is -1.000. The molecular weight excluding hydrogens is 285 g/mol. The molecule has 1 unspecified atom stereocenters. The van der Waals surface area contributed by atoms with Gasteiger partial charge < -0.3 is 9.84 Å². The van der Waals surface area contributed by atoms with E-state index in [1.165, 1.54) is 13.2 Å². The summed E-state index contributed by atoms with van der Waals surface area (Å²) in [4.78, 5) is -0.517. The zero-order chi connectivity index (χ0) is 13.8. The van der Waals surface area contributed by atoms with Gasteiger partial charge in [0.15, 0.2) is 0 Å². The summed E-state index contributed by atoms with van der Waals surface area (Å²) in [6.45, 7) is -0.288. The molecule has 1 aromatic carbocycles. The summed E-state index contributed by atoms with van der Waals surface area (Å²) >= 11 is 5.52. The molecule has 8 heteroatoms. The van der Waals surface area contributed by atoms with Crippen LogP contribution in [0.3, 0.4) is 0 Å². The van der Waals surface area contributed by atoms with Crippen LogP contribution in [0.15, 0.2) is 23.1 Å². The first-order valence-electron chi connectivity index (χ1n) is 4.98. The van der Waals surface area contributed by atoms with E-state index in [1.807, 2.05) is 0 Å². The van der Waals surface area contributed by atoms with Gasteiger partial charge in [-0.05, 0) is 18.2 Å². The Kier molecular flexibility index (Phi) is 5.48. The molecule has 1 aromatic rings. The van der Waals surface area contributed by atoms with Crippen LogP contribution in [-0.4, -0.2) is 39.9 Å². The number of halogens is 2. The lowest BCUT2D eigenvalue weighted by Crippen LogP contribution is -2.34. The Hall–Kier alpha value is -0.730. The van der Waals surface area contributed by atoms with Crippen molar-refractivity contribution in [2.24, 2.45) is 0 Å². The van der Waals surface area contributed by atoms with Crippen LogP contribution >= 0.6 is 11.6 Å². The van der Waals surface area contributed by atoms with Crippen molar-refractivity contribution < 1.29 is 22.7 Å². The Bertz CT molecular complexity index is 509. The minimum Gasteiger partial charge on any atom is -0.389 e. The topological polar surface area (TPSA) is 75.6 Å². The van der Waals surface area contributed by atoms with Crippen LogP contribution in [0.2, 0.25) is 5.02 Å². The zero-order valence-electron chi connectivity index (χ0n) is 9.56. The number of ether oxygens (including phenoxy) is 1. The van der Waals surface area contributed by atoms with Crippen molar-refractivity contribution in [2.75, 3.05) is 20.3 Å². The monoisotopic (exact) mass is 297 g/mol. The second kappa shape index (κ2) is 6.44. The largest absolute Gasteiger partial charge is 0.389 e. The van der Waals surface area contributed by atoms with Crippen molar-refractivity contribution in [3.05, 3.63) is 29.0 Å². The number of hydrogen-bond acceptors (Lipinski definition) is 4. The first-order chi connectivity index (χ1) is 8.36. The molecule has 1 rings (SSSR count). The molecule has 0 radical (unpaired) electrons. The summed E-state index contributed by atoms with van der Waals surface area (Å²) < 4.78 is 43.6. The Labute approximate surface area is 110 Å². The minimum atomic E-state index is -4.02. The maximum Gasteiger partial charge on any atom is 0.243 e. The van der Waals surface area contributed by atoms with E-state index in [1.54, 1.807) is 0 Å². The van der Waals surface area contributed by atoms with Gasteiger partial charge in [0.2, 0.25) is 10.0 Å². The lowest BCUT2D eigenvalue weighted by Gasteiger charge is -2.11. The number of rotatable bonds is 6. The lowest BCUT2D eigenvalue weighted by molar-refractivity contribution is 0.0679. The fourth-order valence-corrected chi connectivity index (χ4v) is 2.52. The third-order valence-electron chi connectivity index (χ3n) is 2.05. The van der Waals surface area contributed by atoms with Crippen molar-refractivity contribution in [3.8, 4) is 0 Å². The Morgan fingerprint density at radius 3 is 2.78 bits per heavy atom. The Morgan fingerprint density at radius 1 is 1.56 bits per heavy atom. The molecule has 0 saturated heterocycles. The molecule has 0 aliphatic heterocycles. The number of aliphatic hydroxyl groups excluding tert-OH is 1. The summed E-state index contributed by atoms with van der Waals surface area (Å²) in [6, 6.07) is 3.23. The zero-order valence-corrected chi connectivity index (χ0v) is 11.1. The van der Waals surface area contributed by atoms with Crippen molar-refractivity contribution in [1.29, 1.82) is 0 Å². The third-order valence-corrected chi connectivity index (χ3v) is 3.74. The molecule has 0 amide bonds. The predicted molar refractivity (Wildman–Crippen MR) is 64.5 cm³/mol. The molecule has 1 atom stereocenters. The summed E-state index contributed by atoms with van der Waals surface area (Å²) in [5, 5.41) is 9.41. The van der Waals surface area contributed by atoms with Gasteiger partial charge in [0, 0.05) is 18.7 Å². The minimum absolute atomic E-state index is 0.0222. The molecule has 0 aliphatic rings. The SMILES string of the molecule is COCC(O)CNS(=O)(=O)c1ccc(Cl)cc1F. The van der Waals surface area contributed by atoms with Crippen molar-refractivity contribution in [1.82, 2.24) is 4.72 Å². The van der Waals surface area contributed by atoms with Crippen LogP contribution in [0, 0.1) is 5.82 Å². The van der Waals surface area contributed by atoms with Gasteiger partial charge in [-0.1, -0.05) is 11.6 Å². The molecule has 0 aromatic heterocycles. The van der Waals surface area contributed by atoms with E-state index >= 15 is 0 Å². The van der Waals surface area contributed by atoms with Gasteiger partial charge >= 0.3 is 0 Å². The molecule has 102 valence electrons. The van der Waals surface area contributed by atoms with E-state index in [9.17, 15) is 17.9 Å². The standard InChI is InChI=1S/C10H13ClFNO4S/c1-17-6-8(14)5-13-18(15,16)10-3-2-7(11)4-9(10)12/h2-4,8,13-14H,5-6H2,1H3. The van der Waals surface area contributed by atoms with E-state index in [2.05, 4.69) is 9.46 Å². The fourth-order valence-electron chi connectivity index (χ4n) is 1.23. The molecule has 2 N–H and O–H groups in total. The van der Waals surface area contributed by atoms with Gasteiger partial charge in [0.1, 0.15) is 10.7 Å². The average molecular weight is 298 g/mol. The second-order valence-corrected chi connectivity index (χ2v) is 5.71. The molecule has 18 heavy (non-hydrogen) atoms. The van der Waals surface area contributed by atoms with Crippen molar-refractivity contribution in [2.45, 2.75) is 11.0 Å². The highest BCUT2D eigenvalue weighted by atomic mass is 35.5. The van der Waals surface area contributed by atoms with E-state index in [0.29, 0.717) is 0 Å². The van der Waals surface area contributed by atoms with Crippen LogP contribution in [0.5, 0.6) is 0 Å². The van der Waals surface area contributed by atoms with E-state index in [0.717, 1.165) is 12.1 Å². The number of nitrogens with one attached hydrogen (secondary N) is 1. The molecule has 0 bridgehead atoms. The Balaban J connectivity index is 2.80. The second-order valence-electron chi connectivity index (χ2n) is 3.54. The van der Waals surface area contributed by atoms with Crippen molar-refractivity contribution in [3.63, 3.8) is 0 Å². The van der Waals surface area contributed by atoms with Crippen molar-refractivity contribution >= 4 is 21.6 Å². The van der Waals surface area contributed by atoms with Gasteiger partial charge in [0.05, 0.1) is 12.7 Å². The van der Waals surface area contributed by atoms with Crippen LogP contribution in [0.4, 0.5) is 4.39 Å².